The van der Waals surface area contributed by atoms with Gasteiger partial charge in [-0.25, -0.2) is 0 Å². The second-order valence-corrected chi connectivity index (χ2v) is 7.93. The smallest absolute Gasteiger partial charge is 0.251 e. The molecule has 0 radical (unpaired) electrons. The van der Waals surface area contributed by atoms with Gasteiger partial charge in [-0.05, 0) is 42.8 Å². The molecule has 3 rings (SSSR count). The van der Waals surface area contributed by atoms with E-state index < -0.39 is 6.04 Å². The molecule has 0 saturated carbocycles. The van der Waals surface area contributed by atoms with Crippen molar-refractivity contribution in [3.05, 3.63) is 65.5 Å². The molecule has 0 bridgehead atoms. The predicted octanol–water partition coefficient (Wildman–Crippen LogP) is 2.33. The second-order valence-electron chi connectivity index (χ2n) is 6.99. The first-order valence-electron chi connectivity index (χ1n) is 9.86. The number of benzene rings is 2. The first-order chi connectivity index (χ1) is 15.4. The second kappa shape index (κ2) is 10.8. The summed E-state index contributed by atoms with van der Waals surface area (Å²) in [5.74, 6) is 0.641. The van der Waals surface area contributed by atoms with Crippen LogP contribution in [0.25, 0.3) is 0 Å². The van der Waals surface area contributed by atoms with Gasteiger partial charge in [-0.3, -0.25) is 9.59 Å². The minimum Gasteiger partial charge on any atom is -0.497 e. The fourth-order valence-electron chi connectivity index (χ4n) is 2.96. The van der Waals surface area contributed by atoms with Crippen LogP contribution in [0.4, 0.5) is 5.69 Å². The molecule has 0 aliphatic heterocycles. The van der Waals surface area contributed by atoms with Crippen molar-refractivity contribution in [1.29, 1.82) is 0 Å². The maximum absolute atomic E-state index is 12.5. The number of methoxy groups -OCH3 is 1. The number of aliphatic hydroxyl groups is 1. The number of aromatic nitrogens is 3. The van der Waals surface area contributed by atoms with Crippen molar-refractivity contribution in [2.24, 2.45) is 7.05 Å². The Morgan fingerprint density at radius 2 is 1.88 bits per heavy atom. The number of anilines is 1. The zero-order valence-corrected chi connectivity index (χ0v) is 18.8. The van der Waals surface area contributed by atoms with Crippen molar-refractivity contribution < 1.29 is 19.4 Å². The molecule has 9 nitrogen and oxygen atoms in total. The zero-order chi connectivity index (χ0) is 23.1. The van der Waals surface area contributed by atoms with Crippen LogP contribution < -0.4 is 15.4 Å². The van der Waals surface area contributed by atoms with Crippen LogP contribution in [0.1, 0.15) is 27.8 Å². The maximum atomic E-state index is 12.5. The van der Waals surface area contributed by atoms with Crippen LogP contribution in [0.2, 0.25) is 0 Å². The Kier molecular flexibility index (Phi) is 7.85. The normalized spacial score (nSPS) is 11.6. The number of aryl methyl sites for hydroxylation is 1. The molecule has 32 heavy (non-hydrogen) atoms. The number of para-hydroxylation sites is 1. The van der Waals surface area contributed by atoms with Gasteiger partial charge in [0.15, 0.2) is 11.0 Å². The van der Waals surface area contributed by atoms with Gasteiger partial charge in [0.05, 0.1) is 19.5 Å². The van der Waals surface area contributed by atoms with E-state index in [0.29, 0.717) is 22.3 Å². The third-order valence-electron chi connectivity index (χ3n) is 4.77. The Morgan fingerprint density at radius 1 is 1.16 bits per heavy atom. The van der Waals surface area contributed by atoms with Gasteiger partial charge in [-0.2, -0.15) is 0 Å². The molecule has 2 aromatic carbocycles. The lowest BCUT2D eigenvalue weighted by atomic mass is 10.2. The van der Waals surface area contributed by atoms with Crippen molar-refractivity contribution in [2.75, 3.05) is 24.8 Å². The topological polar surface area (TPSA) is 118 Å². The van der Waals surface area contributed by atoms with Gasteiger partial charge >= 0.3 is 0 Å². The number of hydrogen-bond donors (Lipinski definition) is 3. The van der Waals surface area contributed by atoms with Crippen LogP contribution in [0.5, 0.6) is 5.75 Å². The molecule has 2 amide bonds. The molecule has 1 atom stereocenters. The molecule has 0 aliphatic rings. The molecule has 3 N–H and O–H groups in total. The Morgan fingerprint density at radius 3 is 2.53 bits per heavy atom. The van der Waals surface area contributed by atoms with Crippen LogP contribution in [0.15, 0.2) is 53.7 Å². The van der Waals surface area contributed by atoms with Crippen molar-refractivity contribution in [2.45, 2.75) is 18.1 Å². The highest BCUT2D eigenvalue weighted by Gasteiger charge is 2.22. The lowest BCUT2D eigenvalue weighted by Gasteiger charge is -2.16. The summed E-state index contributed by atoms with van der Waals surface area (Å²) >= 11 is 1.22. The number of rotatable bonds is 9. The SMILES string of the molecule is COc1ccc(C(=O)N[C@@H](CO)c2nnc(SCC(=O)Nc3ccccc3C)n2C)cc1. The summed E-state index contributed by atoms with van der Waals surface area (Å²) in [7, 11) is 3.27. The van der Waals surface area contributed by atoms with Gasteiger partial charge in [0.2, 0.25) is 5.91 Å². The van der Waals surface area contributed by atoms with Crippen LogP contribution in [-0.2, 0) is 11.8 Å². The van der Waals surface area contributed by atoms with Crippen molar-refractivity contribution >= 4 is 29.3 Å². The average Bonchev–Trinajstić information content (AvgIpc) is 3.17. The average molecular weight is 456 g/mol. The molecular weight excluding hydrogens is 430 g/mol. The molecule has 1 aromatic heterocycles. The van der Waals surface area contributed by atoms with E-state index in [4.69, 9.17) is 4.74 Å². The van der Waals surface area contributed by atoms with Gasteiger partial charge in [-0.1, -0.05) is 30.0 Å². The van der Waals surface area contributed by atoms with Gasteiger partial charge in [-0.15, -0.1) is 10.2 Å². The van der Waals surface area contributed by atoms with E-state index in [9.17, 15) is 14.7 Å². The number of aliphatic hydroxyl groups excluding tert-OH is 1. The summed E-state index contributed by atoms with van der Waals surface area (Å²) in [5.41, 5.74) is 2.16. The number of carbonyl (C=O) groups excluding carboxylic acids is 2. The van der Waals surface area contributed by atoms with Crippen LogP contribution >= 0.6 is 11.8 Å². The number of carbonyl (C=O) groups is 2. The molecule has 3 aromatic rings. The summed E-state index contributed by atoms with van der Waals surface area (Å²) in [6.07, 6.45) is 0. The Hall–Kier alpha value is -3.37. The quantitative estimate of drug-likeness (QED) is 0.424. The summed E-state index contributed by atoms with van der Waals surface area (Å²) in [5, 5.41) is 24.1. The number of ether oxygens (including phenoxy) is 1. The number of thioether (sulfide) groups is 1. The third kappa shape index (κ3) is 5.65. The van der Waals surface area contributed by atoms with Crippen LogP contribution in [0.3, 0.4) is 0 Å². The van der Waals surface area contributed by atoms with Gasteiger partial charge in [0.1, 0.15) is 11.8 Å². The van der Waals surface area contributed by atoms with E-state index in [0.717, 1.165) is 11.3 Å². The van der Waals surface area contributed by atoms with Crippen molar-refractivity contribution in [3.63, 3.8) is 0 Å². The largest absolute Gasteiger partial charge is 0.497 e. The van der Waals surface area contributed by atoms with E-state index in [1.54, 1.807) is 43.0 Å². The van der Waals surface area contributed by atoms with E-state index in [1.807, 2.05) is 31.2 Å². The highest BCUT2D eigenvalue weighted by Crippen LogP contribution is 2.21. The fraction of sp³-hybridized carbons (Fsp3) is 0.273. The Labute approximate surface area is 190 Å². The molecule has 10 heteroatoms. The minimum atomic E-state index is -0.753. The van der Waals surface area contributed by atoms with Gasteiger partial charge in [0, 0.05) is 18.3 Å². The molecule has 0 spiro atoms. The number of nitrogens with one attached hydrogen (secondary N) is 2. The monoisotopic (exact) mass is 455 g/mol. The number of hydrogen-bond acceptors (Lipinski definition) is 7. The first-order valence-corrected chi connectivity index (χ1v) is 10.8. The molecule has 0 saturated heterocycles. The third-order valence-corrected chi connectivity index (χ3v) is 5.79. The Balaban J connectivity index is 1.62. The van der Waals surface area contributed by atoms with Crippen LogP contribution in [-0.4, -0.2) is 51.2 Å². The van der Waals surface area contributed by atoms with E-state index in [1.165, 1.54) is 11.8 Å². The fourth-order valence-corrected chi connectivity index (χ4v) is 3.68. The zero-order valence-electron chi connectivity index (χ0n) is 18.0. The Bertz CT molecular complexity index is 1080. The molecule has 0 unspecified atom stereocenters. The van der Waals surface area contributed by atoms with E-state index in [2.05, 4.69) is 20.8 Å². The lowest BCUT2D eigenvalue weighted by molar-refractivity contribution is -0.113. The van der Waals surface area contributed by atoms with E-state index in [-0.39, 0.29) is 24.2 Å². The minimum absolute atomic E-state index is 0.141. The van der Waals surface area contributed by atoms with Crippen molar-refractivity contribution in [3.8, 4) is 5.75 Å². The van der Waals surface area contributed by atoms with Gasteiger partial charge < -0.3 is 25.0 Å². The molecule has 168 valence electrons. The molecule has 1 heterocycles. The summed E-state index contributed by atoms with van der Waals surface area (Å²) in [4.78, 5) is 24.8. The maximum Gasteiger partial charge on any atom is 0.251 e. The van der Waals surface area contributed by atoms with Gasteiger partial charge in [0.25, 0.3) is 5.91 Å². The highest BCUT2D eigenvalue weighted by atomic mass is 32.2. The van der Waals surface area contributed by atoms with Crippen molar-refractivity contribution in [1.82, 2.24) is 20.1 Å². The van der Waals surface area contributed by atoms with E-state index >= 15 is 0 Å². The van der Waals surface area contributed by atoms with Crippen LogP contribution in [0, 0.1) is 6.92 Å². The standard InChI is InChI=1S/C22H25N5O4S/c1-14-6-4-5-7-17(14)23-19(29)13-32-22-26-25-20(27(22)2)18(12-28)24-21(30)15-8-10-16(31-3)11-9-15/h4-11,18,28H,12-13H2,1-3H3,(H,23,29)(H,24,30)/t18-/m0/s1. The molecular formula is C22H25N5O4S. The molecule has 0 aliphatic carbocycles. The first kappa shape index (κ1) is 23.3. The summed E-state index contributed by atoms with van der Waals surface area (Å²) < 4.78 is 6.75. The summed E-state index contributed by atoms with van der Waals surface area (Å²) in [6, 6.07) is 13.4. The predicted molar refractivity (Wildman–Crippen MR) is 122 cm³/mol. The summed E-state index contributed by atoms with van der Waals surface area (Å²) in [6.45, 7) is 1.57. The lowest BCUT2D eigenvalue weighted by Crippen LogP contribution is -2.32. The number of nitrogens with zero attached hydrogens (tertiary/aromatic N) is 3. The molecule has 0 fully saturated rings. The number of amides is 2. The highest BCUT2D eigenvalue weighted by molar-refractivity contribution is 7.99.